The Hall–Kier alpha value is -1.81. The van der Waals surface area contributed by atoms with E-state index in [4.69, 9.17) is 16.7 Å². The second kappa shape index (κ2) is 4.59. The van der Waals surface area contributed by atoms with Gasteiger partial charge in [-0.15, -0.1) is 0 Å². The molecule has 1 aromatic heterocycles. The molecule has 0 fully saturated rings. The van der Waals surface area contributed by atoms with Crippen LogP contribution >= 0.6 is 11.6 Å². The van der Waals surface area contributed by atoms with Crippen molar-refractivity contribution in [2.75, 3.05) is 0 Å². The summed E-state index contributed by atoms with van der Waals surface area (Å²) in [6, 6.07) is 7.31. The van der Waals surface area contributed by atoms with Crippen LogP contribution in [0.5, 0.6) is 0 Å². The van der Waals surface area contributed by atoms with Gasteiger partial charge in [0, 0.05) is 11.3 Å². The topological polar surface area (TPSA) is 55.1 Å². The third-order valence-electron chi connectivity index (χ3n) is 2.53. The Morgan fingerprint density at radius 1 is 1.47 bits per heavy atom. The van der Waals surface area contributed by atoms with Gasteiger partial charge in [0.15, 0.2) is 0 Å². The summed E-state index contributed by atoms with van der Waals surface area (Å²) in [5.41, 5.74) is 2.24. The summed E-state index contributed by atoms with van der Waals surface area (Å²) in [7, 11) is 0. The molecule has 1 heterocycles. The van der Waals surface area contributed by atoms with Crippen molar-refractivity contribution >= 4 is 17.6 Å². The first-order chi connectivity index (χ1) is 8.09. The number of carboxylic acids is 1. The number of benzene rings is 1. The highest BCUT2D eigenvalue weighted by atomic mass is 35.5. The number of carboxylic acid groups (broad SMARTS) is 1. The van der Waals surface area contributed by atoms with E-state index >= 15 is 0 Å². The van der Waals surface area contributed by atoms with Gasteiger partial charge in [-0.1, -0.05) is 23.7 Å². The summed E-state index contributed by atoms with van der Waals surface area (Å²) in [5.74, 6) is -0.869. The van der Waals surface area contributed by atoms with E-state index in [1.54, 1.807) is 16.9 Å². The fourth-order valence-electron chi connectivity index (χ4n) is 1.65. The van der Waals surface area contributed by atoms with Gasteiger partial charge in [0.2, 0.25) is 0 Å². The average molecular weight is 251 g/mol. The molecule has 0 radical (unpaired) electrons. The van der Waals surface area contributed by atoms with E-state index in [1.165, 1.54) is 0 Å². The number of nitrogens with zero attached hydrogens (tertiary/aromatic N) is 2. The van der Waals surface area contributed by atoms with Gasteiger partial charge in [-0.3, -0.25) is 4.79 Å². The molecular weight excluding hydrogens is 240 g/mol. The zero-order valence-electron chi connectivity index (χ0n) is 9.22. The number of para-hydroxylation sites is 1. The lowest BCUT2D eigenvalue weighted by Crippen LogP contribution is -2.03. The maximum Gasteiger partial charge on any atom is 0.307 e. The van der Waals surface area contributed by atoms with Crippen LogP contribution in [-0.2, 0) is 11.2 Å². The molecule has 0 saturated carbocycles. The summed E-state index contributed by atoms with van der Waals surface area (Å²) < 4.78 is 1.65. The van der Waals surface area contributed by atoms with Gasteiger partial charge < -0.3 is 5.11 Å². The van der Waals surface area contributed by atoms with E-state index in [9.17, 15) is 4.79 Å². The van der Waals surface area contributed by atoms with Crippen molar-refractivity contribution < 1.29 is 9.90 Å². The lowest BCUT2D eigenvalue weighted by molar-refractivity contribution is -0.136. The quantitative estimate of drug-likeness (QED) is 0.910. The first-order valence-electron chi connectivity index (χ1n) is 5.10. The van der Waals surface area contributed by atoms with Crippen LogP contribution in [0.4, 0.5) is 0 Å². The third-order valence-corrected chi connectivity index (χ3v) is 2.85. The number of aliphatic carboxylic acids is 1. The summed E-state index contributed by atoms with van der Waals surface area (Å²) in [6.07, 6.45) is 1.53. The maximum absolute atomic E-state index is 10.7. The maximum atomic E-state index is 10.7. The molecule has 1 N–H and O–H groups in total. The monoisotopic (exact) mass is 250 g/mol. The van der Waals surface area contributed by atoms with Crippen molar-refractivity contribution in [2.45, 2.75) is 13.3 Å². The van der Waals surface area contributed by atoms with Crippen molar-refractivity contribution in [3.63, 3.8) is 0 Å². The Labute approximate surface area is 103 Å². The van der Waals surface area contributed by atoms with Crippen molar-refractivity contribution in [2.24, 2.45) is 0 Å². The minimum absolute atomic E-state index is 0.0315. The van der Waals surface area contributed by atoms with Crippen LogP contribution in [-0.4, -0.2) is 20.9 Å². The molecule has 5 heteroatoms. The zero-order valence-corrected chi connectivity index (χ0v) is 9.98. The van der Waals surface area contributed by atoms with Crippen LogP contribution in [0.1, 0.15) is 11.3 Å². The van der Waals surface area contributed by atoms with Crippen molar-refractivity contribution in [1.29, 1.82) is 0 Å². The zero-order chi connectivity index (χ0) is 12.4. The second-order valence-electron chi connectivity index (χ2n) is 3.69. The molecule has 4 nitrogen and oxygen atoms in total. The lowest BCUT2D eigenvalue weighted by atomic mass is 10.2. The highest BCUT2D eigenvalue weighted by Gasteiger charge is 2.12. The normalized spacial score (nSPS) is 10.5. The molecule has 1 aromatic carbocycles. The molecule has 0 aliphatic rings. The van der Waals surface area contributed by atoms with Crippen LogP contribution in [0.2, 0.25) is 5.02 Å². The molecule has 0 spiro atoms. The van der Waals surface area contributed by atoms with E-state index in [1.807, 2.05) is 25.1 Å². The van der Waals surface area contributed by atoms with Gasteiger partial charge in [-0.05, 0) is 19.1 Å². The first-order valence-corrected chi connectivity index (χ1v) is 5.47. The molecule has 0 amide bonds. The van der Waals surface area contributed by atoms with E-state index in [0.29, 0.717) is 10.6 Å². The van der Waals surface area contributed by atoms with Gasteiger partial charge in [0.25, 0.3) is 0 Å². The molecular formula is C12H11ClN2O2. The molecule has 0 atom stereocenters. The number of halogens is 1. The first kappa shape index (κ1) is 11.7. The lowest BCUT2D eigenvalue weighted by Gasteiger charge is -2.06. The second-order valence-corrected chi connectivity index (χ2v) is 4.10. The smallest absolute Gasteiger partial charge is 0.307 e. The highest BCUT2D eigenvalue weighted by Crippen LogP contribution is 2.22. The number of rotatable bonds is 3. The third kappa shape index (κ3) is 2.31. The molecule has 88 valence electrons. The molecule has 0 aliphatic heterocycles. The predicted molar refractivity (Wildman–Crippen MR) is 64.7 cm³/mol. The fourth-order valence-corrected chi connectivity index (χ4v) is 1.86. The van der Waals surface area contributed by atoms with E-state index in [0.717, 1.165) is 11.4 Å². The summed E-state index contributed by atoms with van der Waals surface area (Å²) in [5, 5.41) is 13.5. The molecule has 17 heavy (non-hydrogen) atoms. The molecule has 0 saturated heterocycles. The van der Waals surface area contributed by atoms with Crippen molar-refractivity contribution in [3.05, 3.63) is 46.7 Å². The predicted octanol–water partition coefficient (Wildman–Crippen LogP) is 2.46. The van der Waals surface area contributed by atoms with Gasteiger partial charge in [0.05, 0.1) is 23.3 Å². The summed E-state index contributed by atoms with van der Waals surface area (Å²) in [4.78, 5) is 10.7. The van der Waals surface area contributed by atoms with Gasteiger partial charge >= 0.3 is 5.97 Å². The van der Waals surface area contributed by atoms with Crippen LogP contribution < -0.4 is 0 Å². The Bertz CT molecular complexity index is 563. The van der Waals surface area contributed by atoms with Crippen LogP contribution in [0.15, 0.2) is 30.5 Å². The Morgan fingerprint density at radius 3 is 2.82 bits per heavy atom. The molecule has 0 aliphatic carbocycles. The summed E-state index contributed by atoms with van der Waals surface area (Å²) in [6.45, 7) is 1.83. The van der Waals surface area contributed by atoms with Gasteiger partial charge in [0.1, 0.15) is 0 Å². The number of aromatic nitrogens is 2. The Balaban J connectivity index is 2.44. The SMILES string of the molecule is Cc1c(CC(=O)O)cnn1-c1ccccc1Cl. The van der Waals surface area contributed by atoms with Crippen LogP contribution in [0, 0.1) is 6.92 Å². The average Bonchev–Trinajstić information content (AvgIpc) is 2.61. The van der Waals surface area contributed by atoms with Gasteiger partial charge in [-0.25, -0.2) is 4.68 Å². The van der Waals surface area contributed by atoms with E-state index in [-0.39, 0.29) is 6.42 Å². The summed E-state index contributed by atoms with van der Waals surface area (Å²) >= 11 is 6.07. The fraction of sp³-hybridized carbons (Fsp3) is 0.167. The highest BCUT2D eigenvalue weighted by molar-refractivity contribution is 6.32. The number of carbonyl (C=O) groups is 1. The standard InChI is InChI=1S/C12H11ClN2O2/c1-8-9(6-12(16)17)7-14-15(8)11-5-3-2-4-10(11)13/h2-5,7H,6H2,1H3,(H,16,17). The van der Waals surface area contributed by atoms with Crippen LogP contribution in [0.25, 0.3) is 5.69 Å². The number of hydrogen-bond donors (Lipinski definition) is 1. The molecule has 2 aromatic rings. The molecule has 0 unspecified atom stereocenters. The Morgan fingerprint density at radius 2 is 2.18 bits per heavy atom. The minimum atomic E-state index is -0.869. The van der Waals surface area contributed by atoms with E-state index in [2.05, 4.69) is 5.10 Å². The number of hydrogen-bond acceptors (Lipinski definition) is 2. The van der Waals surface area contributed by atoms with Crippen molar-refractivity contribution in [1.82, 2.24) is 9.78 Å². The largest absolute Gasteiger partial charge is 0.481 e. The van der Waals surface area contributed by atoms with Crippen molar-refractivity contribution in [3.8, 4) is 5.69 Å². The van der Waals surface area contributed by atoms with Gasteiger partial charge in [-0.2, -0.15) is 5.10 Å². The van der Waals surface area contributed by atoms with Crippen LogP contribution in [0.3, 0.4) is 0 Å². The molecule has 0 bridgehead atoms. The Kier molecular flexibility index (Phi) is 3.15. The van der Waals surface area contributed by atoms with E-state index < -0.39 is 5.97 Å². The minimum Gasteiger partial charge on any atom is -0.481 e. The molecule has 2 rings (SSSR count).